The molecule has 1 aliphatic carbocycles. The van der Waals surface area contributed by atoms with E-state index in [2.05, 4.69) is 29.1 Å². The van der Waals surface area contributed by atoms with E-state index in [1.54, 1.807) is 18.3 Å². The van der Waals surface area contributed by atoms with Gasteiger partial charge in [-0.3, -0.25) is 4.79 Å². The average Bonchev–Trinajstić information content (AvgIpc) is 2.48. The van der Waals surface area contributed by atoms with Gasteiger partial charge in [0.15, 0.2) is 0 Å². The Morgan fingerprint density at radius 2 is 2.38 bits per heavy atom. The number of amides is 1. The smallest absolute Gasteiger partial charge is 0.271 e. The average molecular weight is 286 g/mol. The van der Waals surface area contributed by atoms with E-state index in [-0.39, 0.29) is 18.6 Å². The maximum Gasteiger partial charge on any atom is 0.271 e. The number of aliphatic hydroxyl groups excluding tert-OH is 1. The van der Waals surface area contributed by atoms with Gasteiger partial charge in [-0.25, -0.2) is 4.98 Å². The predicted molar refractivity (Wildman–Crippen MR) is 81.7 cm³/mol. The molecule has 0 saturated heterocycles. The van der Waals surface area contributed by atoms with Crippen LogP contribution in [0.4, 0.5) is 0 Å². The van der Waals surface area contributed by atoms with Gasteiger partial charge >= 0.3 is 0 Å². The van der Waals surface area contributed by atoms with Crippen LogP contribution in [0.15, 0.2) is 18.3 Å². The molecule has 4 heteroatoms. The second kappa shape index (κ2) is 7.80. The monoisotopic (exact) mass is 286 g/mol. The van der Waals surface area contributed by atoms with Crippen molar-refractivity contribution in [3.8, 4) is 11.8 Å². The van der Waals surface area contributed by atoms with Gasteiger partial charge in [-0.1, -0.05) is 31.6 Å². The van der Waals surface area contributed by atoms with Gasteiger partial charge in [0.25, 0.3) is 5.91 Å². The summed E-state index contributed by atoms with van der Waals surface area (Å²) in [6.45, 7) is 2.25. The number of hydrogen-bond donors (Lipinski definition) is 2. The van der Waals surface area contributed by atoms with Gasteiger partial charge in [-0.2, -0.15) is 0 Å². The second-order valence-corrected chi connectivity index (χ2v) is 5.62. The van der Waals surface area contributed by atoms with E-state index < -0.39 is 0 Å². The first-order valence-corrected chi connectivity index (χ1v) is 7.56. The fraction of sp³-hybridized carbons (Fsp3) is 0.529. The van der Waals surface area contributed by atoms with Crippen LogP contribution in [0.1, 0.15) is 55.1 Å². The van der Waals surface area contributed by atoms with Crippen LogP contribution < -0.4 is 5.32 Å². The Kier molecular flexibility index (Phi) is 5.77. The molecule has 21 heavy (non-hydrogen) atoms. The lowest BCUT2D eigenvalue weighted by Gasteiger charge is -2.27. The Bertz CT molecular complexity index is 545. The Hall–Kier alpha value is -1.86. The predicted octanol–water partition coefficient (Wildman–Crippen LogP) is 2.12. The van der Waals surface area contributed by atoms with E-state index in [9.17, 15) is 4.79 Å². The summed E-state index contributed by atoms with van der Waals surface area (Å²) < 4.78 is 0. The van der Waals surface area contributed by atoms with Gasteiger partial charge in [0.05, 0.1) is 12.2 Å². The number of carbonyl (C=O) groups excluding carboxylic acids is 1. The van der Waals surface area contributed by atoms with Gasteiger partial charge in [-0.15, -0.1) is 0 Å². The SMILES string of the molecule is CC1CCCC(NC(=O)c2ncccc2C#CCCO)C1. The van der Waals surface area contributed by atoms with Crippen LogP contribution in [0.2, 0.25) is 0 Å². The minimum atomic E-state index is -0.150. The third kappa shape index (κ3) is 4.57. The first kappa shape index (κ1) is 15.5. The molecule has 1 aliphatic rings. The topological polar surface area (TPSA) is 62.2 Å². The molecule has 0 spiro atoms. The largest absolute Gasteiger partial charge is 0.395 e. The number of rotatable bonds is 3. The molecular weight excluding hydrogens is 264 g/mol. The molecule has 1 amide bonds. The van der Waals surface area contributed by atoms with Crippen LogP contribution in [-0.2, 0) is 0 Å². The van der Waals surface area contributed by atoms with Crippen molar-refractivity contribution in [1.29, 1.82) is 0 Å². The van der Waals surface area contributed by atoms with Crippen molar-refractivity contribution in [2.45, 2.75) is 45.1 Å². The summed E-state index contributed by atoms with van der Waals surface area (Å²) in [7, 11) is 0. The van der Waals surface area contributed by atoms with Crippen molar-refractivity contribution in [1.82, 2.24) is 10.3 Å². The van der Waals surface area contributed by atoms with E-state index in [4.69, 9.17) is 5.11 Å². The molecule has 1 fully saturated rings. The number of aromatic nitrogens is 1. The molecular formula is C17H22N2O2. The molecule has 1 heterocycles. The number of nitrogens with one attached hydrogen (secondary N) is 1. The van der Waals surface area contributed by atoms with E-state index in [0.29, 0.717) is 23.6 Å². The molecule has 2 atom stereocenters. The highest BCUT2D eigenvalue weighted by Crippen LogP contribution is 2.23. The number of hydrogen-bond acceptors (Lipinski definition) is 3. The van der Waals surface area contributed by atoms with Gasteiger partial charge in [0, 0.05) is 18.7 Å². The van der Waals surface area contributed by atoms with E-state index in [1.165, 1.54) is 6.42 Å². The summed E-state index contributed by atoms with van der Waals surface area (Å²) >= 11 is 0. The molecule has 0 aliphatic heterocycles. The molecule has 1 aromatic rings. The molecule has 2 N–H and O–H groups in total. The van der Waals surface area contributed by atoms with Crippen molar-refractivity contribution in [2.75, 3.05) is 6.61 Å². The minimum Gasteiger partial charge on any atom is -0.395 e. The number of nitrogens with zero attached hydrogens (tertiary/aromatic N) is 1. The molecule has 2 unspecified atom stereocenters. The third-order valence-electron chi connectivity index (χ3n) is 3.75. The summed E-state index contributed by atoms with van der Waals surface area (Å²) in [5.74, 6) is 6.26. The summed E-state index contributed by atoms with van der Waals surface area (Å²) in [6.07, 6.45) is 6.48. The zero-order valence-corrected chi connectivity index (χ0v) is 12.4. The summed E-state index contributed by atoms with van der Waals surface area (Å²) in [4.78, 5) is 16.5. The molecule has 0 radical (unpaired) electrons. The Morgan fingerprint density at radius 3 is 3.14 bits per heavy atom. The zero-order valence-electron chi connectivity index (χ0n) is 12.4. The summed E-state index contributed by atoms with van der Waals surface area (Å²) in [5, 5.41) is 11.8. The van der Waals surface area contributed by atoms with Crippen LogP contribution >= 0.6 is 0 Å². The van der Waals surface area contributed by atoms with Crippen molar-refractivity contribution < 1.29 is 9.90 Å². The molecule has 1 saturated carbocycles. The van der Waals surface area contributed by atoms with E-state index in [1.807, 2.05) is 0 Å². The lowest BCUT2D eigenvalue weighted by atomic mass is 9.87. The van der Waals surface area contributed by atoms with Crippen molar-refractivity contribution in [3.05, 3.63) is 29.6 Å². The van der Waals surface area contributed by atoms with Gasteiger partial charge in [0.2, 0.25) is 0 Å². The fourth-order valence-corrected chi connectivity index (χ4v) is 2.72. The molecule has 0 aromatic carbocycles. The van der Waals surface area contributed by atoms with E-state index >= 15 is 0 Å². The molecule has 2 rings (SSSR count). The first-order chi connectivity index (χ1) is 10.2. The van der Waals surface area contributed by atoms with Crippen LogP contribution in [0.5, 0.6) is 0 Å². The lowest BCUT2D eigenvalue weighted by Crippen LogP contribution is -2.38. The van der Waals surface area contributed by atoms with Crippen LogP contribution in [0.3, 0.4) is 0 Å². The molecule has 0 bridgehead atoms. The highest BCUT2D eigenvalue weighted by atomic mass is 16.2. The number of aliphatic hydroxyl groups is 1. The van der Waals surface area contributed by atoms with Gasteiger partial charge in [-0.05, 0) is 30.9 Å². The molecule has 1 aromatic heterocycles. The van der Waals surface area contributed by atoms with Crippen LogP contribution in [0.25, 0.3) is 0 Å². The van der Waals surface area contributed by atoms with Gasteiger partial charge in [0.1, 0.15) is 5.69 Å². The highest BCUT2D eigenvalue weighted by Gasteiger charge is 2.22. The minimum absolute atomic E-state index is 0.0226. The maximum absolute atomic E-state index is 12.4. The fourth-order valence-electron chi connectivity index (χ4n) is 2.72. The Morgan fingerprint density at radius 1 is 1.52 bits per heavy atom. The third-order valence-corrected chi connectivity index (χ3v) is 3.75. The van der Waals surface area contributed by atoms with Crippen LogP contribution in [0, 0.1) is 17.8 Å². The Balaban J connectivity index is 2.07. The standard InChI is InChI=1S/C17H22N2O2/c1-13-6-4-9-15(12-13)19-17(21)16-14(7-2-3-11-20)8-5-10-18-16/h5,8,10,13,15,20H,3-4,6,9,11-12H2,1H3,(H,19,21). The zero-order chi connectivity index (χ0) is 15.1. The number of carbonyl (C=O) groups is 1. The first-order valence-electron chi connectivity index (χ1n) is 7.56. The van der Waals surface area contributed by atoms with Crippen molar-refractivity contribution >= 4 is 5.91 Å². The molecule has 112 valence electrons. The maximum atomic E-state index is 12.4. The highest BCUT2D eigenvalue weighted by molar-refractivity contribution is 5.94. The lowest BCUT2D eigenvalue weighted by molar-refractivity contribution is 0.0916. The normalized spacial score (nSPS) is 21.2. The second-order valence-electron chi connectivity index (χ2n) is 5.62. The quantitative estimate of drug-likeness (QED) is 0.837. The van der Waals surface area contributed by atoms with E-state index in [0.717, 1.165) is 19.3 Å². The Labute approximate surface area is 126 Å². The van der Waals surface area contributed by atoms with Crippen molar-refractivity contribution in [2.24, 2.45) is 5.92 Å². The molecule has 4 nitrogen and oxygen atoms in total. The van der Waals surface area contributed by atoms with Crippen molar-refractivity contribution in [3.63, 3.8) is 0 Å². The number of pyridine rings is 1. The summed E-state index contributed by atoms with van der Waals surface area (Å²) in [5.41, 5.74) is 0.994. The van der Waals surface area contributed by atoms with Gasteiger partial charge < -0.3 is 10.4 Å². The summed E-state index contributed by atoms with van der Waals surface area (Å²) in [6, 6.07) is 3.79. The van der Waals surface area contributed by atoms with Crippen LogP contribution in [-0.4, -0.2) is 28.6 Å².